The number of benzene rings is 1. The molecule has 2 amide bonds. The summed E-state index contributed by atoms with van der Waals surface area (Å²) in [6.07, 6.45) is 1.52. The van der Waals surface area contributed by atoms with Crippen LogP contribution in [0.25, 0.3) is 0 Å². The number of aryl methyl sites for hydroxylation is 1. The number of rotatable bonds is 7. The van der Waals surface area contributed by atoms with Gasteiger partial charge in [0.15, 0.2) is 5.69 Å². The van der Waals surface area contributed by atoms with Crippen molar-refractivity contribution in [3.8, 4) is 5.75 Å². The van der Waals surface area contributed by atoms with E-state index in [-0.39, 0.29) is 30.4 Å². The van der Waals surface area contributed by atoms with Crippen molar-refractivity contribution in [1.82, 2.24) is 9.55 Å². The van der Waals surface area contributed by atoms with Gasteiger partial charge in [0.25, 0.3) is 5.56 Å². The standard InChI is InChI=1S/C22H29N5O5/c1-5-6-9-26-19(23)18(20(29)24-22(26)31)25(3)21(30)14-11-17(28)27(12-14)15-10-13(2)7-8-16(15)32-4/h7-8,10,14H,5-6,9,11-12,23H2,1-4H3,(H,24,29,31). The fraction of sp³-hybridized carbons (Fsp3) is 0.455. The highest BCUT2D eigenvalue weighted by atomic mass is 16.5. The average molecular weight is 444 g/mol. The molecule has 1 unspecified atom stereocenters. The number of methoxy groups -OCH3 is 1. The molecule has 10 heteroatoms. The molecule has 0 bridgehead atoms. The zero-order valence-electron chi connectivity index (χ0n) is 18.8. The van der Waals surface area contributed by atoms with E-state index in [0.29, 0.717) is 24.4 Å². The van der Waals surface area contributed by atoms with Gasteiger partial charge in [-0.2, -0.15) is 0 Å². The van der Waals surface area contributed by atoms with E-state index in [4.69, 9.17) is 10.5 Å². The number of carbonyl (C=O) groups excluding carboxylic acids is 2. The molecule has 1 aromatic carbocycles. The topological polar surface area (TPSA) is 131 Å². The Balaban J connectivity index is 1.89. The van der Waals surface area contributed by atoms with Gasteiger partial charge >= 0.3 is 5.69 Å². The van der Waals surface area contributed by atoms with Crippen LogP contribution in [-0.2, 0) is 16.1 Å². The molecule has 1 saturated heterocycles. The summed E-state index contributed by atoms with van der Waals surface area (Å²) in [4.78, 5) is 55.5. The molecule has 2 heterocycles. The number of nitrogens with one attached hydrogen (secondary N) is 1. The van der Waals surface area contributed by atoms with E-state index in [2.05, 4.69) is 4.98 Å². The van der Waals surface area contributed by atoms with Crippen LogP contribution in [0.5, 0.6) is 5.75 Å². The normalized spacial score (nSPS) is 15.8. The zero-order chi connectivity index (χ0) is 23.6. The molecule has 3 N–H and O–H groups in total. The van der Waals surface area contributed by atoms with Crippen molar-refractivity contribution in [2.24, 2.45) is 5.92 Å². The highest BCUT2D eigenvalue weighted by Crippen LogP contribution is 2.34. The molecule has 172 valence electrons. The van der Waals surface area contributed by atoms with Gasteiger partial charge in [-0.05, 0) is 31.0 Å². The first-order chi connectivity index (χ1) is 15.2. The minimum atomic E-state index is -0.738. The van der Waals surface area contributed by atoms with E-state index in [1.807, 2.05) is 26.0 Å². The van der Waals surface area contributed by atoms with E-state index in [1.54, 1.807) is 6.07 Å². The van der Waals surface area contributed by atoms with Gasteiger partial charge in [-0.3, -0.25) is 23.9 Å². The molecule has 0 saturated carbocycles. The summed E-state index contributed by atoms with van der Waals surface area (Å²) < 4.78 is 6.64. The van der Waals surface area contributed by atoms with Crippen LogP contribution in [0.15, 0.2) is 27.8 Å². The minimum absolute atomic E-state index is 0.00640. The number of aromatic nitrogens is 2. The van der Waals surface area contributed by atoms with Crippen molar-refractivity contribution >= 4 is 29.0 Å². The fourth-order valence-corrected chi connectivity index (χ4v) is 3.94. The maximum absolute atomic E-state index is 13.2. The van der Waals surface area contributed by atoms with Crippen molar-refractivity contribution < 1.29 is 14.3 Å². The summed E-state index contributed by atoms with van der Waals surface area (Å²) in [5, 5.41) is 0. The molecule has 0 spiro atoms. The first kappa shape index (κ1) is 23.1. The number of unbranched alkanes of at least 4 members (excludes halogenated alkanes) is 1. The summed E-state index contributed by atoms with van der Waals surface area (Å²) in [6.45, 7) is 4.35. The summed E-state index contributed by atoms with van der Waals surface area (Å²) in [5.41, 5.74) is 6.23. The number of nitrogen functional groups attached to an aromatic ring is 1. The number of H-pyrrole nitrogens is 1. The molecule has 1 aliphatic rings. The van der Waals surface area contributed by atoms with Gasteiger partial charge in [0.1, 0.15) is 11.6 Å². The van der Waals surface area contributed by atoms with Crippen LogP contribution in [0.1, 0.15) is 31.7 Å². The first-order valence-electron chi connectivity index (χ1n) is 10.5. The van der Waals surface area contributed by atoms with Gasteiger partial charge in [-0.15, -0.1) is 0 Å². The molecule has 1 fully saturated rings. The predicted molar refractivity (Wildman–Crippen MR) is 122 cm³/mol. The zero-order valence-corrected chi connectivity index (χ0v) is 18.8. The number of anilines is 3. The SMILES string of the molecule is CCCCn1c(N)c(N(C)C(=O)C2CC(=O)N(c3cc(C)ccc3OC)C2)c(=O)[nH]c1=O. The van der Waals surface area contributed by atoms with Crippen LogP contribution in [0.3, 0.4) is 0 Å². The maximum atomic E-state index is 13.2. The number of amides is 2. The van der Waals surface area contributed by atoms with Crippen LogP contribution >= 0.6 is 0 Å². The second-order valence-electron chi connectivity index (χ2n) is 7.98. The van der Waals surface area contributed by atoms with Gasteiger partial charge in [0.05, 0.1) is 18.7 Å². The van der Waals surface area contributed by atoms with Crippen molar-refractivity contribution in [2.75, 3.05) is 36.2 Å². The Bertz CT molecular complexity index is 1150. The summed E-state index contributed by atoms with van der Waals surface area (Å²) in [5.74, 6) is -0.841. The van der Waals surface area contributed by atoms with Crippen molar-refractivity contribution in [3.05, 3.63) is 44.6 Å². The molecule has 0 aliphatic carbocycles. The highest BCUT2D eigenvalue weighted by Gasteiger charge is 2.38. The number of hydrogen-bond donors (Lipinski definition) is 2. The molecular formula is C22H29N5O5. The summed E-state index contributed by atoms with van der Waals surface area (Å²) in [7, 11) is 2.95. The number of nitrogens with zero attached hydrogens (tertiary/aromatic N) is 3. The van der Waals surface area contributed by atoms with Crippen molar-refractivity contribution in [2.45, 2.75) is 39.7 Å². The lowest BCUT2D eigenvalue weighted by atomic mass is 10.1. The van der Waals surface area contributed by atoms with E-state index in [1.165, 1.54) is 23.6 Å². The average Bonchev–Trinajstić information content (AvgIpc) is 3.14. The molecule has 2 aromatic rings. The Morgan fingerprint density at radius 3 is 2.69 bits per heavy atom. The van der Waals surface area contributed by atoms with E-state index < -0.39 is 23.1 Å². The fourth-order valence-electron chi connectivity index (χ4n) is 3.94. The smallest absolute Gasteiger partial charge is 0.330 e. The molecule has 32 heavy (non-hydrogen) atoms. The van der Waals surface area contributed by atoms with Gasteiger partial charge in [-0.1, -0.05) is 19.4 Å². The molecule has 1 aromatic heterocycles. The number of nitrogens with two attached hydrogens (primary N) is 1. The van der Waals surface area contributed by atoms with E-state index in [9.17, 15) is 19.2 Å². The molecule has 0 radical (unpaired) electrons. The lowest BCUT2D eigenvalue weighted by Gasteiger charge is -2.23. The molecule has 3 rings (SSSR count). The van der Waals surface area contributed by atoms with Gasteiger partial charge < -0.3 is 20.3 Å². The predicted octanol–water partition coefficient (Wildman–Crippen LogP) is 1.25. The van der Waals surface area contributed by atoms with E-state index in [0.717, 1.165) is 16.9 Å². The third-order valence-electron chi connectivity index (χ3n) is 5.71. The minimum Gasteiger partial charge on any atom is -0.495 e. The van der Waals surface area contributed by atoms with Gasteiger partial charge in [0, 0.05) is 26.6 Å². The number of ether oxygens (including phenoxy) is 1. The Labute approximate surface area is 185 Å². The first-order valence-corrected chi connectivity index (χ1v) is 10.5. The number of hydrogen-bond acceptors (Lipinski definition) is 6. The second kappa shape index (κ2) is 9.29. The Morgan fingerprint density at radius 1 is 1.31 bits per heavy atom. The number of carbonyl (C=O) groups is 2. The molecule has 1 atom stereocenters. The van der Waals surface area contributed by atoms with Crippen molar-refractivity contribution in [3.63, 3.8) is 0 Å². The number of aromatic amines is 1. The van der Waals surface area contributed by atoms with E-state index >= 15 is 0 Å². The lowest BCUT2D eigenvalue weighted by molar-refractivity contribution is -0.124. The quantitative estimate of drug-likeness (QED) is 0.662. The Hall–Kier alpha value is -3.56. The molecule has 1 aliphatic heterocycles. The summed E-state index contributed by atoms with van der Waals surface area (Å²) >= 11 is 0. The van der Waals surface area contributed by atoms with Crippen LogP contribution < -0.4 is 31.5 Å². The monoisotopic (exact) mass is 443 g/mol. The lowest BCUT2D eigenvalue weighted by Crippen LogP contribution is -2.42. The Kier molecular flexibility index (Phi) is 6.71. The molecule has 10 nitrogen and oxygen atoms in total. The Morgan fingerprint density at radius 2 is 2.03 bits per heavy atom. The largest absolute Gasteiger partial charge is 0.495 e. The van der Waals surface area contributed by atoms with Crippen LogP contribution in [-0.4, -0.2) is 42.1 Å². The van der Waals surface area contributed by atoms with Crippen LogP contribution in [0, 0.1) is 12.8 Å². The van der Waals surface area contributed by atoms with Crippen LogP contribution in [0.4, 0.5) is 17.2 Å². The van der Waals surface area contributed by atoms with Gasteiger partial charge in [-0.25, -0.2) is 4.79 Å². The second-order valence-corrected chi connectivity index (χ2v) is 7.98. The van der Waals surface area contributed by atoms with Gasteiger partial charge in [0.2, 0.25) is 11.8 Å². The third-order valence-corrected chi connectivity index (χ3v) is 5.71. The molecular weight excluding hydrogens is 414 g/mol. The van der Waals surface area contributed by atoms with Crippen LogP contribution in [0.2, 0.25) is 0 Å². The third kappa shape index (κ3) is 4.25. The van der Waals surface area contributed by atoms with Crippen molar-refractivity contribution in [1.29, 1.82) is 0 Å². The maximum Gasteiger partial charge on any atom is 0.330 e. The summed E-state index contributed by atoms with van der Waals surface area (Å²) in [6, 6.07) is 5.49. The highest BCUT2D eigenvalue weighted by molar-refractivity contribution is 6.05.